The lowest BCUT2D eigenvalue weighted by Gasteiger charge is -2.51. The Labute approximate surface area is 142 Å². The van der Waals surface area contributed by atoms with Crippen molar-refractivity contribution in [3.05, 3.63) is 36.5 Å². The van der Waals surface area contributed by atoms with Crippen LogP contribution in [0.5, 0.6) is 0 Å². The summed E-state index contributed by atoms with van der Waals surface area (Å²) < 4.78 is 11.6. The number of pyridine rings is 1. The van der Waals surface area contributed by atoms with E-state index in [2.05, 4.69) is 33.9 Å². The summed E-state index contributed by atoms with van der Waals surface area (Å²) in [4.78, 5) is 6.50. The maximum Gasteiger partial charge on any atom is 0.151 e. The lowest BCUT2D eigenvalue weighted by Crippen LogP contribution is -2.64. The van der Waals surface area contributed by atoms with Gasteiger partial charge < -0.3 is 14.4 Å². The molecule has 0 saturated carbocycles. The van der Waals surface area contributed by atoms with Gasteiger partial charge >= 0.3 is 0 Å². The Morgan fingerprint density at radius 3 is 2.33 bits per heavy atom. The molecule has 0 N–H and O–H groups in total. The number of anilines is 1. The molecule has 2 aromatic heterocycles. The number of hydrogen-bond acceptors (Lipinski definition) is 6. The number of piperidine rings is 1. The molecule has 0 aromatic carbocycles. The predicted molar refractivity (Wildman–Crippen MR) is 92.9 cm³/mol. The van der Waals surface area contributed by atoms with E-state index in [1.807, 2.05) is 30.3 Å². The van der Waals surface area contributed by atoms with Crippen molar-refractivity contribution >= 4 is 5.82 Å². The van der Waals surface area contributed by atoms with E-state index >= 15 is 0 Å². The van der Waals surface area contributed by atoms with Crippen molar-refractivity contribution in [3.8, 4) is 11.4 Å². The third-order valence-corrected chi connectivity index (χ3v) is 5.27. The number of rotatable bonds is 4. The summed E-state index contributed by atoms with van der Waals surface area (Å²) in [6, 6.07) is 9.70. The second-order valence-corrected chi connectivity index (χ2v) is 6.53. The molecule has 6 nitrogen and oxygen atoms in total. The minimum atomic E-state index is -0.415. The summed E-state index contributed by atoms with van der Waals surface area (Å²) in [5.41, 5.74) is 0.859. The molecular weight excluding hydrogens is 304 g/mol. The average Bonchev–Trinajstić information content (AvgIpc) is 2.65. The van der Waals surface area contributed by atoms with Crippen LogP contribution in [-0.2, 0) is 9.47 Å². The van der Waals surface area contributed by atoms with Gasteiger partial charge in [0.15, 0.2) is 5.82 Å². The van der Waals surface area contributed by atoms with Gasteiger partial charge in [-0.25, -0.2) is 0 Å². The van der Waals surface area contributed by atoms with Crippen molar-refractivity contribution in [2.45, 2.75) is 31.5 Å². The standard InChI is InChI=1S/C18H24N4O2/c1-17(23-3)10-12-22(13-18(17,2)24-4)16-9-8-15(20-21-16)14-7-5-6-11-19-14/h5-9,11H,10,12-13H2,1-4H3/t17-,18+/m0/s1. The van der Waals surface area contributed by atoms with E-state index in [-0.39, 0.29) is 5.60 Å². The van der Waals surface area contributed by atoms with Gasteiger partial charge in [0.25, 0.3) is 0 Å². The summed E-state index contributed by atoms with van der Waals surface area (Å²) in [7, 11) is 3.48. The molecule has 3 rings (SSSR count). The Morgan fingerprint density at radius 2 is 1.75 bits per heavy atom. The van der Waals surface area contributed by atoms with Crippen molar-refractivity contribution in [1.82, 2.24) is 15.2 Å². The molecule has 3 heterocycles. The molecule has 2 atom stereocenters. The topological polar surface area (TPSA) is 60.4 Å². The first kappa shape index (κ1) is 16.8. The Bertz CT molecular complexity index is 679. The fraction of sp³-hybridized carbons (Fsp3) is 0.500. The van der Waals surface area contributed by atoms with E-state index in [0.717, 1.165) is 30.2 Å². The quantitative estimate of drug-likeness (QED) is 0.860. The number of aromatic nitrogens is 3. The predicted octanol–water partition coefficient (Wildman–Crippen LogP) is 2.56. The maximum atomic E-state index is 5.81. The molecule has 128 valence electrons. The molecule has 1 aliphatic heterocycles. The molecular formula is C18H24N4O2. The van der Waals surface area contributed by atoms with Crippen LogP contribution in [0, 0.1) is 0 Å². The summed E-state index contributed by atoms with van der Waals surface area (Å²) in [5, 5.41) is 8.72. The molecule has 0 radical (unpaired) electrons. The third-order valence-electron chi connectivity index (χ3n) is 5.27. The van der Waals surface area contributed by atoms with Crippen LogP contribution in [0.15, 0.2) is 36.5 Å². The van der Waals surface area contributed by atoms with Crippen molar-refractivity contribution in [2.24, 2.45) is 0 Å². The molecule has 0 unspecified atom stereocenters. The normalized spacial score (nSPS) is 27.2. The Balaban J connectivity index is 1.81. The first-order valence-electron chi connectivity index (χ1n) is 8.12. The highest BCUT2D eigenvalue weighted by Gasteiger charge is 2.50. The summed E-state index contributed by atoms with van der Waals surface area (Å²) in [5.74, 6) is 0.844. The average molecular weight is 328 g/mol. The van der Waals surface area contributed by atoms with E-state index in [1.165, 1.54) is 0 Å². The molecule has 24 heavy (non-hydrogen) atoms. The van der Waals surface area contributed by atoms with Gasteiger partial charge in [0.1, 0.15) is 11.3 Å². The van der Waals surface area contributed by atoms with Crippen LogP contribution in [0.1, 0.15) is 20.3 Å². The summed E-state index contributed by atoms with van der Waals surface area (Å²) in [6.45, 7) is 5.73. The van der Waals surface area contributed by atoms with Crippen LogP contribution in [0.4, 0.5) is 5.82 Å². The van der Waals surface area contributed by atoms with E-state index in [1.54, 1.807) is 20.4 Å². The second-order valence-electron chi connectivity index (χ2n) is 6.53. The Hall–Kier alpha value is -2.05. The Kier molecular flexibility index (Phi) is 4.51. The van der Waals surface area contributed by atoms with Crippen molar-refractivity contribution in [3.63, 3.8) is 0 Å². The Morgan fingerprint density at radius 1 is 0.958 bits per heavy atom. The zero-order valence-corrected chi connectivity index (χ0v) is 14.7. The smallest absolute Gasteiger partial charge is 0.151 e. The minimum Gasteiger partial charge on any atom is -0.375 e. The van der Waals surface area contributed by atoms with Crippen LogP contribution >= 0.6 is 0 Å². The van der Waals surface area contributed by atoms with Crippen molar-refractivity contribution in [2.75, 3.05) is 32.2 Å². The van der Waals surface area contributed by atoms with Gasteiger partial charge in [0.2, 0.25) is 0 Å². The van der Waals surface area contributed by atoms with Crippen LogP contribution in [0.25, 0.3) is 11.4 Å². The minimum absolute atomic E-state index is 0.320. The molecule has 0 amide bonds. The fourth-order valence-electron chi connectivity index (χ4n) is 3.16. The molecule has 0 bridgehead atoms. The molecule has 0 spiro atoms. The van der Waals surface area contributed by atoms with Crippen LogP contribution < -0.4 is 4.90 Å². The van der Waals surface area contributed by atoms with Crippen molar-refractivity contribution in [1.29, 1.82) is 0 Å². The zero-order valence-electron chi connectivity index (χ0n) is 14.7. The molecule has 1 fully saturated rings. The first-order valence-corrected chi connectivity index (χ1v) is 8.12. The van der Waals surface area contributed by atoms with E-state index in [0.29, 0.717) is 6.54 Å². The molecule has 0 aliphatic carbocycles. The number of methoxy groups -OCH3 is 2. The van der Waals surface area contributed by atoms with Crippen LogP contribution in [0.2, 0.25) is 0 Å². The first-order chi connectivity index (χ1) is 11.5. The summed E-state index contributed by atoms with van der Waals surface area (Å²) in [6.07, 6.45) is 2.61. The van der Waals surface area contributed by atoms with Crippen LogP contribution in [-0.4, -0.2) is 53.7 Å². The van der Waals surface area contributed by atoms with Gasteiger partial charge in [0, 0.05) is 27.0 Å². The fourth-order valence-corrected chi connectivity index (χ4v) is 3.16. The highest BCUT2D eigenvalue weighted by Crippen LogP contribution is 2.37. The second kappa shape index (κ2) is 6.45. The van der Waals surface area contributed by atoms with Gasteiger partial charge in [0.05, 0.1) is 17.8 Å². The lowest BCUT2D eigenvalue weighted by molar-refractivity contribution is -0.174. The van der Waals surface area contributed by atoms with Gasteiger partial charge in [-0.1, -0.05) is 6.07 Å². The molecule has 1 saturated heterocycles. The van der Waals surface area contributed by atoms with E-state index in [9.17, 15) is 0 Å². The largest absolute Gasteiger partial charge is 0.375 e. The van der Waals surface area contributed by atoms with Gasteiger partial charge in [-0.05, 0) is 44.5 Å². The van der Waals surface area contributed by atoms with E-state index in [4.69, 9.17) is 9.47 Å². The monoisotopic (exact) mass is 328 g/mol. The number of hydrogen-bond donors (Lipinski definition) is 0. The SMILES string of the molecule is CO[C@]1(C)CN(c2ccc(-c3ccccn3)nn2)CC[C@]1(C)OC. The lowest BCUT2D eigenvalue weighted by atomic mass is 9.79. The molecule has 6 heteroatoms. The number of ether oxygens (including phenoxy) is 2. The number of nitrogens with zero attached hydrogens (tertiary/aromatic N) is 4. The van der Waals surface area contributed by atoms with Crippen molar-refractivity contribution < 1.29 is 9.47 Å². The van der Waals surface area contributed by atoms with Gasteiger partial charge in [-0.3, -0.25) is 4.98 Å². The molecule has 2 aromatic rings. The van der Waals surface area contributed by atoms with E-state index < -0.39 is 5.60 Å². The van der Waals surface area contributed by atoms with Crippen LogP contribution in [0.3, 0.4) is 0 Å². The third kappa shape index (κ3) is 2.87. The maximum absolute atomic E-state index is 5.81. The highest BCUT2D eigenvalue weighted by molar-refractivity contribution is 5.55. The highest BCUT2D eigenvalue weighted by atomic mass is 16.5. The molecule has 1 aliphatic rings. The zero-order chi connectivity index (χ0) is 17.2. The summed E-state index contributed by atoms with van der Waals surface area (Å²) >= 11 is 0. The van der Waals surface area contributed by atoms with Gasteiger partial charge in [-0.15, -0.1) is 10.2 Å². The van der Waals surface area contributed by atoms with Gasteiger partial charge in [-0.2, -0.15) is 0 Å².